The maximum absolute atomic E-state index is 5.79. The van der Waals surface area contributed by atoms with Crippen LogP contribution in [0.25, 0.3) is 0 Å². The highest BCUT2D eigenvalue weighted by Gasteiger charge is 2.22. The lowest BCUT2D eigenvalue weighted by atomic mass is 10.3. The lowest BCUT2D eigenvalue weighted by molar-refractivity contribution is 0.152. The summed E-state index contributed by atoms with van der Waals surface area (Å²) in [5.74, 6) is 2.99. The molecule has 1 N–H and O–H groups in total. The predicted molar refractivity (Wildman–Crippen MR) is 98.7 cm³/mol. The summed E-state index contributed by atoms with van der Waals surface area (Å²) in [4.78, 5) is 9.29. The van der Waals surface area contributed by atoms with E-state index in [-0.39, 0.29) is 0 Å². The highest BCUT2D eigenvalue weighted by Crippen LogP contribution is 2.31. The predicted octanol–water partition coefficient (Wildman–Crippen LogP) is 2.06. The number of piperazine rings is 1. The zero-order valence-corrected chi connectivity index (χ0v) is 14.8. The van der Waals surface area contributed by atoms with Crippen molar-refractivity contribution in [2.75, 3.05) is 52.9 Å². The number of aliphatic imine (C=N–C) groups is 1. The molecule has 1 saturated heterocycles. The molecule has 1 aromatic carbocycles. The average molecular weight is 330 g/mol. The fraction of sp³-hybridized carbons (Fsp3) is 0.632. The van der Waals surface area contributed by atoms with E-state index in [2.05, 4.69) is 20.1 Å². The molecule has 2 fully saturated rings. The Kier molecular flexibility index (Phi) is 6.35. The second-order valence-corrected chi connectivity index (χ2v) is 6.70. The maximum Gasteiger partial charge on any atom is 0.193 e. The third-order valence-corrected chi connectivity index (χ3v) is 4.84. The standard InChI is InChI=1S/C19H30N4O/c1-20-19(21-10-9-17-7-8-17)23-13-11-22(12-14-23)15-16-24-18-5-3-2-4-6-18/h2-6,17H,7-16H2,1H3,(H,20,21). The van der Waals surface area contributed by atoms with Crippen LogP contribution in [0.5, 0.6) is 5.75 Å². The largest absolute Gasteiger partial charge is 0.492 e. The molecule has 5 nitrogen and oxygen atoms in total. The Balaban J connectivity index is 1.32. The van der Waals surface area contributed by atoms with Crippen LogP contribution in [-0.2, 0) is 0 Å². The first kappa shape index (κ1) is 17.1. The molecule has 0 bridgehead atoms. The van der Waals surface area contributed by atoms with Gasteiger partial charge < -0.3 is 15.0 Å². The van der Waals surface area contributed by atoms with Gasteiger partial charge in [-0.05, 0) is 24.5 Å². The molecule has 1 heterocycles. The van der Waals surface area contributed by atoms with Gasteiger partial charge in [0.2, 0.25) is 0 Å². The van der Waals surface area contributed by atoms with Gasteiger partial charge in [-0.15, -0.1) is 0 Å². The van der Waals surface area contributed by atoms with Crippen molar-refractivity contribution >= 4 is 5.96 Å². The summed E-state index contributed by atoms with van der Waals surface area (Å²) in [6.07, 6.45) is 4.13. The monoisotopic (exact) mass is 330 g/mol. The van der Waals surface area contributed by atoms with E-state index in [1.165, 1.54) is 19.3 Å². The Bertz CT molecular complexity index is 507. The van der Waals surface area contributed by atoms with Gasteiger partial charge in [0.1, 0.15) is 12.4 Å². The zero-order valence-electron chi connectivity index (χ0n) is 14.8. The average Bonchev–Trinajstić information content (AvgIpc) is 3.45. The number of guanidine groups is 1. The van der Waals surface area contributed by atoms with Gasteiger partial charge in [0, 0.05) is 46.3 Å². The zero-order chi connectivity index (χ0) is 16.6. The number of para-hydroxylation sites is 1. The van der Waals surface area contributed by atoms with Crippen molar-refractivity contribution in [3.63, 3.8) is 0 Å². The Morgan fingerprint density at radius 3 is 2.58 bits per heavy atom. The molecule has 1 aliphatic carbocycles. The van der Waals surface area contributed by atoms with E-state index in [9.17, 15) is 0 Å². The van der Waals surface area contributed by atoms with Crippen LogP contribution >= 0.6 is 0 Å². The second kappa shape index (κ2) is 8.92. The first-order chi connectivity index (χ1) is 11.8. The van der Waals surface area contributed by atoms with Crippen molar-refractivity contribution < 1.29 is 4.74 Å². The van der Waals surface area contributed by atoms with Gasteiger partial charge in [-0.1, -0.05) is 31.0 Å². The van der Waals surface area contributed by atoms with E-state index in [4.69, 9.17) is 4.74 Å². The molecule has 0 radical (unpaired) electrons. The fourth-order valence-corrected chi connectivity index (χ4v) is 3.12. The summed E-state index contributed by atoms with van der Waals surface area (Å²) in [6, 6.07) is 10.0. The molecule has 0 aromatic heterocycles. The third-order valence-electron chi connectivity index (χ3n) is 4.84. The Morgan fingerprint density at radius 1 is 1.17 bits per heavy atom. The van der Waals surface area contributed by atoms with Gasteiger partial charge in [-0.3, -0.25) is 9.89 Å². The molecule has 0 spiro atoms. The van der Waals surface area contributed by atoms with E-state index in [0.29, 0.717) is 0 Å². The normalized spacial score (nSPS) is 19.4. The van der Waals surface area contributed by atoms with Crippen molar-refractivity contribution in [3.05, 3.63) is 30.3 Å². The van der Waals surface area contributed by atoms with Crippen LogP contribution in [0.15, 0.2) is 35.3 Å². The number of ether oxygens (including phenoxy) is 1. The molecule has 0 amide bonds. The van der Waals surface area contributed by atoms with Gasteiger partial charge in [0.05, 0.1) is 0 Å². The van der Waals surface area contributed by atoms with Gasteiger partial charge in [-0.2, -0.15) is 0 Å². The molecular weight excluding hydrogens is 300 g/mol. The molecule has 3 rings (SSSR count). The van der Waals surface area contributed by atoms with Crippen molar-refractivity contribution in [2.24, 2.45) is 10.9 Å². The number of nitrogens with zero attached hydrogens (tertiary/aromatic N) is 3. The minimum atomic E-state index is 0.748. The molecule has 0 unspecified atom stereocenters. The van der Waals surface area contributed by atoms with Crippen LogP contribution < -0.4 is 10.1 Å². The van der Waals surface area contributed by atoms with Gasteiger partial charge in [-0.25, -0.2) is 0 Å². The van der Waals surface area contributed by atoms with E-state index >= 15 is 0 Å². The van der Waals surface area contributed by atoms with E-state index in [1.807, 2.05) is 37.4 Å². The summed E-state index contributed by atoms with van der Waals surface area (Å²) in [5.41, 5.74) is 0. The summed E-state index contributed by atoms with van der Waals surface area (Å²) in [7, 11) is 1.89. The highest BCUT2D eigenvalue weighted by molar-refractivity contribution is 5.79. The van der Waals surface area contributed by atoms with Crippen LogP contribution in [-0.4, -0.2) is 68.7 Å². The molecular formula is C19H30N4O. The molecule has 24 heavy (non-hydrogen) atoms. The molecule has 5 heteroatoms. The minimum Gasteiger partial charge on any atom is -0.492 e. The molecule has 1 aromatic rings. The minimum absolute atomic E-state index is 0.748. The molecule has 132 valence electrons. The maximum atomic E-state index is 5.79. The molecule has 1 aliphatic heterocycles. The second-order valence-electron chi connectivity index (χ2n) is 6.70. The lowest BCUT2D eigenvalue weighted by Crippen LogP contribution is -2.53. The fourth-order valence-electron chi connectivity index (χ4n) is 3.12. The number of rotatable bonds is 7. The first-order valence-corrected chi connectivity index (χ1v) is 9.21. The summed E-state index contributed by atoms with van der Waals surface area (Å²) in [6.45, 7) is 7.00. The Labute approximate surface area is 145 Å². The van der Waals surface area contributed by atoms with Crippen LogP contribution in [0.2, 0.25) is 0 Å². The van der Waals surface area contributed by atoms with E-state index in [1.54, 1.807) is 0 Å². The van der Waals surface area contributed by atoms with Gasteiger partial charge in [0.15, 0.2) is 5.96 Å². The SMILES string of the molecule is CN=C(NCCC1CC1)N1CCN(CCOc2ccccc2)CC1. The molecule has 0 atom stereocenters. The smallest absolute Gasteiger partial charge is 0.193 e. The Hall–Kier alpha value is -1.75. The van der Waals surface area contributed by atoms with Gasteiger partial charge >= 0.3 is 0 Å². The Morgan fingerprint density at radius 2 is 1.92 bits per heavy atom. The van der Waals surface area contributed by atoms with Gasteiger partial charge in [0.25, 0.3) is 0 Å². The molecule has 1 saturated carbocycles. The van der Waals surface area contributed by atoms with Crippen LogP contribution in [0.3, 0.4) is 0 Å². The topological polar surface area (TPSA) is 40.1 Å². The lowest BCUT2D eigenvalue weighted by Gasteiger charge is -2.36. The van der Waals surface area contributed by atoms with Crippen molar-refractivity contribution in [1.82, 2.24) is 15.1 Å². The van der Waals surface area contributed by atoms with Crippen molar-refractivity contribution in [1.29, 1.82) is 0 Å². The number of benzene rings is 1. The quantitative estimate of drug-likeness (QED) is 0.614. The van der Waals surface area contributed by atoms with Crippen molar-refractivity contribution in [3.8, 4) is 5.75 Å². The number of hydrogen-bond acceptors (Lipinski definition) is 3. The summed E-state index contributed by atoms with van der Waals surface area (Å²) in [5, 5.41) is 3.52. The van der Waals surface area contributed by atoms with E-state index in [0.717, 1.165) is 63.5 Å². The summed E-state index contributed by atoms with van der Waals surface area (Å²) < 4.78 is 5.79. The van der Waals surface area contributed by atoms with Crippen LogP contribution in [0.4, 0.5) is 0 Å². The highest BCUT2D eigenvalue weighted by atomic mass is 16.5. The van der Waals surface area contributed by atoms with Crippen LogP contribution in [0.1, 0.15) is 19.3 Å². The third kappa shape index (κ3) is 5.41. The van der Waals surface area contributed by atoms with Crippen LogP contribution in [0, 0.1) is 5.92 Å². The molecule has 2 aliphatic rings. The van der Waals surface area contributed by atoms with E-state index < -0.39 is 0 Å². The van der Waals surface area contributed by atoms with Crippen molar-refractivity contribution in [2.45, 2.75) is 19.3 Å². The first-order valence-electron chi connectivity index (χ1n) is 9.21. The number of nitrogens with one attached hydrogen (secondary N) is 1. The summed E-state index contributed by atoms with van der Waals surface area (Å²) >= 11 is 0. The number of hydrogen-bond donors (Lipinski definition) is 1.